The lowest BCUT2D eigenvalue weighted by molar-refractivity contribution is -0.113. The zero-order valence-corrected chi connectivity index (χ0v) is 19.0. The Bertz CT molecular complexity index is 1270. The van der Waals surface area contributed by atoms with Crippen LogP contribution < -0.4 is 10.6 Å². The third kappa shape index (κ3) is 5.88. The number of hydrogen-bond donors (Lipinski definition) is 2. The number of carbonyl (C=O) groups excluding carboxylic acids is 2. The van der Waals surface area contributed by atoms with Gasteiger partial charge in [0.15, 0.2) is 5.16 Å². The van der Waals surface area contributed by atoms with Gasteiger partial charge in [0.05, 0.1) is 23.9 Å². The number of nitrogens with one attached hydrogen (secondary N) is 2. The van der Waals surface area contributed by atoms with Crippen LogP contribution in [0.5, 0.6) is 0 Å². The number of nitriles is 1. The summed E-state index contributed by atoms with van der Waals surface area (Å²) in [6.07, 6.45) is 3.48. The zero-order valence-electron chi connectivity index (χ0n) is 17.4. The van der Waals surface area contributed by atoms with Gasteiger partial charge in [0.25, 0.3) is 5.91 Å². The number of benzene rings is 2. The van der Waals surface area contributed by atoms with Crippen LogP contribution in [-0.4, -0.2) is 27.1 Å². The van der Waals surface area contributed by atoms with Crippen LogP contribution in [0, 0.1) is 11.3 Å². The smallest absolute Gasteiger partial charge is 0.251 e. The summed E-state index contributed by atoms with van der Waals surface area (Å²) in [6, 6.07) is 19.9. The Hall–Kier alpha value is -3.87. The fraction of sp³-hybridized carbons (Fsp3) is 0.0833. The summed E-state index contributed by atoms with van der Waals surface area (Å²) in [5.74, 6) is -0.119. The molecule has 0 spiro atoms. The predicted molar refractivity (Wildman–Crippen MR) is 130 cm³/mol. The van der Waals surface area contributed by atoms with Crippen molar-refractivity contribution in [2.75, 3.05) is 11.1 Å². The van der Waals surface area contributed by atoms with Crippen molar-refractivity contribution in [1.82, 2.24) is 14.9 Å². The van der Waals surface area contributed by atoms with Crippen LogP contribution in [0.15, 0.2) is 83.6 Å². The van der Waals surface area contributed by atoms with Crippen LogP contribution in [0.1, 0.15) is 20.8 Å². The molecule has 33 heavy (non-hydrogen) atoms. The summed E-state index contributed by atoms with van der Waals surface area (Å²) >= 11 is 2.91. The number of rotatable bonds is 8. The lowest BCUT2D eigenvalue weighted by Gasteiger charge is -2.09. The lowest BCUT2D eigenvalue weighted by Crippen LogP contribution is -2.22. The highest BCUT2D eigenvalue weighted by Crippen LogP contribution is 2.21. The Kier molecular flexibility index (Phi) is 7.19. The molecule has 0 aliphatic carbocycles. The monoisotopic (exact) mass is 473 g/mol. The van der Waals surface area contributed by atoms with Crippen LogP contribution in [0.2, 0.25) is 0 Å². The molecule has 2 heterocycles. The number of thioether (sulfide) groups is 1. The minimum atomic E-state index is -0.169. The van der Waals surface area contributed by atoms with E-state index in [-0.39, 0.29) is 17.6 Å². The molecule has 0 fully saturated rings. The van der Waals surface area contributed by atoms with Crippen molar-refractivity contribution in [1.29, 1.82) is 5.26 Å². The van der Waals surface area contributed by atoms with E-state index in [0.29, 0.717) is 28.5 Å². The first kappa shape index (κ1) is 22.3. The molecule has 0 unspecified atom stereocenters. The molecule has 2 amide bonds. The molecular weight excluding hydrogens is 454 g/mol. The molecule has 2 aromatic carbocycles. The van der Waals surface area contributed by atoms with Crippen molar-refractivity contribution in [2.24, 2.45) is 0 Å². The minimum Gasteiger partial charge on any atom is -0.347 e. The van der Waals surface area contributed by atoms with Crippen molar-refractivity contribution in [3.05, 3.63) is 94.4 Å². The number of hydrogen-bond acceptors (Lipinski definition) is 6. The molecule has 0 atom stereocenters. The maximum atomic E-state index is 12.4. The standard InChI is InChI=1S/C24H19N5O2S2/c25-14-17-3-7-19(8-4-17)28-22(30)16-33-24-26-11-12-29(24)20-9-5-18(6-10-20)23(31)27-15-21-2-1-13-32-21/h1-13H,15-16H2,(H,27,31)(H,28,30). The van der Waals surface area contributed by atoms with Gasteiger partial charge in [0.2, 0.25) is 5.91 Å². The van der Waals surface area contributed by atoms with E-state index in [4.69, 9.17) is 5.26 Å². The van der Waals surface area contributed by atoms with Crippen LogP contribution in [0.3, 0.4) is 0 Å². The van der Waals surface area contributed by atoms with E-state index in [1.807, 2.05) is 46.5 Å². The average molecular weight is 474 g/mol. The molecule has 0 saturated heterocycles. The van der Waals surface area contributed by atoms with Crippen molar-refractivity contribution in [3.8, 4) is 11.8 Å². The minimum absolute atomic E-state index is 0.130. The number of amides is 2. The van der Waals surface area contributed by atoms with E-state index in [9.17, 15) is 9.59 Å². The SMILES string of the molecule is N#Cc1ccc(NC(=O)CSc2nccn2-c2ccc(C(=O)NCc3cccs3)cc2)cc1. The van der Waals surface area contributed by atoms with Gasteiger partial charge in [-0.2, -0.15) is 5.26 Å². The average Bonchev–Trinajstić information content (AvgIpc) is 3.54. The van der Waals surface area contributed by atoms with E-state index in [2.05, 4.69) is 15.6 Å². The molecule has 0 aliphatic rings. The summed E-state index contributed by atoms with van der Waals surface area (Å²) in [4.78, 5) is 30.1. The molecule has 0 saturated carbocycles. The summed E-state index contributed by atoms with van der Waals surface area (Å²) in [5, 5.41) is 17.2. The molecule has 0 radical (unpaired) electrons. The van der Waals surface area contributed by atoms with Gasteiger partial charge in [-0.05, 0) is 60.0 Å². The molecular formula is C24H19N5O2S2. The number of thiophene rings is 1. The summed E-state index contributed by atoms with van der Waals surface area (Å²) < 4.78 is 1.87. The summed E-state index contributed by atoms with van der Waals surface area (Å²) in [5.41, 5.74) is 2.59. The lowest BCUT2D eigenvalue weighted by atomic mass is 10.2. The third-order valence-corrected chi connectivity index (χ3v) is 6.49. The van der Waals surface area contributed by atoms with Crippen LogP contribution in [0.25, 0.3) is 5.69 Å². The van der Waals surface area contributed by atoms with Crippen molar-refractivity contribution in [3.63, 3.8) is 0 Å². The molecule has 0 aliphatic heterocycles. The molecule has 4 rings (SSSR count). The Morgan fingerprint density at radius 3 is 2.58 bits per heavy atom. The van der Waals surface area contributed by atoms with E-state index < -0.39 is 0 Å². The van der Waals surface area contributed by atoms with Crippen LogP contribution >= 0.6 is 23.1 Å². The number of aromatic nitrogens is 2. The topological polar surface area (TPSA) is 99.8 Å². The first-order chi connectivity index (χ1) is 16.1. The fourth-order valence-corrected chi connectivity index (χ4v) is 4.42. The van der Waals surface area contributed by atoms with E-state index in [1.54, 1.807) is 53.9 Å². The summed E-state index contributed by atoms with van der Waals surface area (Å²) in [6.45, 7) is 0.505. The number of imidazole rings is 1. The first-order valence-corrected chi connectivity index (χ1v) is 11.9. The normalized spacial score (nSPS) is 10.4. The third-order valence-electron chi connectivity index (χ3n) is 4.65. The molecule has 9 heteroatoms. The second-order valence-corrected chi connectivity index (χ2v) is 8.89. The highest BCUT2D eigenvalue weighted by Gasteiger charge is 2.11. The number of nitrogens with zero attached hydrogens (tertiary/aromatic N) is 3. The van der Waals surface area contributed by atoms with Gasteiger partial charge >= 0.3 is 0 Å². The molecule has 4 aromatic rings. The number of carbonyl (C=O) groups is 2. The van der Waals surface area contributed by atoms with Crippen molar-refractivity contribution < 1.29 is 9.59 Å². The molecule has 164 valence electrons. The molecule has 2 N–H and O–H groups in total. The highest BCUT2D eigenvalue weighted by molar-refractivity contribution is 7.99. The van der Waals surface area contributed by atoms with Crippen molar-refractivity contribution >= 4 is 40.6 Å². The van der Waals surface area contributed by atoms with Gasteiger partial charge in [-0.15, -0.1) is 11.3 Å². The van der Waals surface area contributed by atoms with Gasteiger partial charge in [-0.25, -0.2) is 4.98 Å². The molecule has 2 aromatic heterocycles. The quantitative estimate of drug-likeness (QED) is 0.368. The van der Waals surface area contributed by atoms with Gasteiger partial charge in [-0.1, -0.05) is 17.8 Å². The summed E-state index contributed by atoms with van der Waals surface area (Å²) in [7, 11) is 0. The van der Waals surface area contributed by atoms with Gasteiger partial charge in [0.1, 0.15) is 0 Å². The van der Waals surface area contributed by atoms with E-state index in [1.165, 1.54) is 11.8 Å². The number of anilines is 1. The Balaban J connectivity index is 1.34. The molecule has 0 bridgehead atoms. The Morgan fingerprint density at radius 2 is 1.88 bits per heavy atom. The fourth-order valence-electron chi connectivity index (χ4n) is 3.00. The van der Waals surface area contributed by atoms with Gasteiger partial charge in [-0.3, -0.25) is 14.2 Å². The second kappa shape index (κ2) is 10.6. The highest BCUT2D eigenvalue weighted by atomic mass is 32.2. The Labute approximate surface area is 199 Å². The van der Waals surface area contributed by atoms with Crippen LogP contribution in [0.4, 0.5) is 5.69 Å². The second-order valence-electron chi connectivity index (χ2n) is 6.91. The largest absolute Gasteiger partial charge is 0.347 e. The zero-order chi connectivity index (χ0) is 23.0. The van der Waals surface area contributed by atoms with Crippen LogP contribution in [-0.2, 0) is 11.3 Å². The Morgan fingerprint density at radius 1 is 1.09 bits per heavy atom. The first-order valence-electron chi connectivity index (χ1n) is 9.99. The maximum Gasteiger partial charge on any atom is 0.251 e. The predicted octanol–water partition coefficient (Wildman–Crippen LogP) is 4.47. The van der Waals surface area contributed by atoms with E-state index >= 15 is 0 Å². The molecule has 7 nitrogen and oxygen atoms in total. The maximum absolute atomic E-state index is 12.4. The van der Waals surface area contributed by atoms with E-state index in [0.717, 1.165) is 10.6 Å². The van der Waals surface area contributed by atoms with Gasteiger partial charge in [0, 0.05) is 34.2 Å². The van der Waals surface area contributed by atoms with Gasteiger partial charge < -0.3 is 10.6 Å². The van der Waals surface area contributed by atoms with Crippen molar-refractivity contribution in [2.45, 2.75) is 11.7 Å².